The van der Waals surface area contributed by atoms with Gasteiger partial charge >= 0.3 is 0 Å². The second-order valence-electron chi connectivity index (χ2n) is 4.09. The van der Waals surface area contributed by atoms with Gasteiger partial charge < -0.3 is 5.32 Å². The molecule has 0 saturated heterocycles. The van der Waals surface area contributed by atoms with Gasteiger partial charge in [-0.05, 0) is 32.5 Å². The van der Waals surface area contributed by atoms with Gasteiger partial charge in [-0.2, -0.15) is 0 Å². The van der Waals surface area contributed by atoms with E-state index in [1.165, 1.54) is 0 Å². The number of aromatic nitrogens is 3. The molecule has 2 aromatic rings. The number of hydrogen-bond acceptors (Lipinski definition) is 3. The highest BCUT2D eigenvalue weighted by atomic mass is 15.4. The molecule has 0 amide bonds. The molecule has 1 N–H and O–H groups in total. The zero-order chi connectivity index (χ0) is 12.3. The molecule has 0 saturated carbocycles. The molecule has 4 nitrogen and oxygen atoms in total. The van der Waals surface area contributed by atoms with E-state index in [0.717, 1.165) is 23.6 Å². The summed E-state index contributed by atoms with van der Waals surface area (Å²) < 4.78 is 1.88. The molecule has 0 aliphatic carbocycles. The first-order valence-electron chi connectivity index (χ1n) is 5.95. The molecule has 4 heteroatoms. The molecule has 1 atom stereocenters. The van der Waals surface area contributed by atoms with Gasteiger partial charge in [-0.1, -0.05) is 30.3 Å². The number of para-hydroxylation sites is 1. The Morgan fingerprint density at radius 1 is 1.29 bits per heavy atom. The van der Waals surface area contributed by atoms with Crippen molar-refractivity contribution in [2.24, 2.45) is 0 Å². The molecule has 0 spiro atoms. The van der Waals surface area contributed by atoms with Crippen LogP contribution >= 0.6 is 0 Å². The molecular formula is C13H18N4. The average molecular weight is 230 g/mol. The fourth-order valence-electron chi connectivity index (χ4n) is 1.96. The van der Waals surface area contributed by atoms with Crippen LogP contribution in [0, 0.1) is 6.92 Å². The third-order valence-electron chi connectivity index (χ3n) is 2.85. The van der Waals surface area contributed by atoms with E-state index in [0.29, 0.717) is 0 Å². The summed E-state index contributed by atoms with van der Waals surface area (Å²) in [5.41, 5.74) is 3.15. The van der Waals surface area contributed by atoms with Gasteiger partial charge in [0, 0.05) is 0 Å². The quantitative estimate of drug-likeness (QED) is 0.876. The Balaban J connectivity index is 2.33. The second-order valence-corrected chi connectivity index (χ2v) is 4.09. The van der Waals surface area contributed by atoms with Crippen molar-refractivity contribution in [3.05, 3.63) is 41.7 Å². The van der Waals surface area contributed by atoms with Crippen LogP contribution in [-0.2, 0) is 0 Å². The molecule has 1 aromatic heterocycles. The van der Waals surface area contributed by atoms with Crippen LogP contribution in [0.25, 0.3) is 5.69 Å². The normalized spacial score (nSPS) is 12.6. The molecule has 1 heterocycles. The molecule has 0 fully saturated rings. The van der Waals surface area contributed by atoms with Gasteiger partial charge in [-0.15, -0.1) is 5.10 Å². The van der Waals surface area contributed by atoms with Crippen molar-refractivity contribution in [3.8, 4) is 5.69 Å². The van der Waals surface area contributed by atoms with Gasteiger partial charge in [0.2, 0.25) is 0 Å². The Labute approximate surface area is 102 Å². The van der Waals surface area contributed by atoms with Gasteiger partial charge in [-0.3, -0.25) is 0 Å². The molecule has 1 unspecified atom stereocenters. The highest BCUT2D eigenvalue weighted by Crippen LogP contribution is 2.17. The lowest BCUT2D eigenvalue weighted by atomic mass is 10.2. The van der Waals surface area contributed by atoms with E-state index in [-0.39, 0.29) is 6.04 Å². The predicted octanol–water partition coefficient (Wildman–Crippen LogP) is 2.25. The zero-order valence-corrected chi connectivity index (χ0v) is 10.5. The topological polar surface area (TPSA) is 42.7 Å². The maximum Gasteiger partial charge on any atom is 0.103 e. The number of nitrogens with one attached hydrogen (secondary N) is 1. The van der Waals surface area contributed by atoms with Gasteiger partial charge in [-0.25, -0.2) is 4.68 Å². The number of rotatable bonds is 4. The van der Waals surface area contributed by atoms with Crippen molar-refractivity contribution >= 4 is 0 Å². The summed E-state index contributed by atoms with van der Waals surface area (Å²) in [6.45, 7) is 7.18. The average Bonchev–Trinajstić information content (AvgIpc) is 2.72. The zero-order valence-electron chi connectivity index (χ0n) is 10.5. The van der Waals surface area contributed by atoms with Crippen LogP contribution in [0.2, 0.25) is 0 Å². The Morgan fingerprint density at radius 2 is 2.00 bits per heavy atom. The van der Waals surface area contributed by atoms with Crippen LogP contribution < -0.4 is 5.32 Å². The van der Waals surface area contributed by atoms with Crippen LogP contribution in [-0.4, -0.2) is 21.5 Å². The lowest BCUT2D eigenvalue weighted by Gasteiger charge is -2.10. The van der Waals surface area contributed by atoms with Gasteiger partial charge in [0.1, 0.15) is 5.69 Å². The molecule has 17 heavy (non-hydrogen) atoms. The number of hydrogen-bond donors (Lipinski definition) is 1. The molecule has 0 radical (unpaired) electrons. The fraction of sp³-hybridized carbons (Fsp3) is 0.385. The molecule has 1 aromatic carbocycles. The van der Waals surface area contributed by atoms with Crippen LogP contribution in [0.3, 0.4) is 0 Å². The first-order valence-corrected chi connectivity index (χ1v) is 5.95. The Kier molecular flexibility index (Phi) is 3.54. The molecule has 0 aliphatic rings. The molecule has 0 aliphatic heterocycles. The minimum Gasteiger partial charge on any atom is -0.309 e. The highest BCUT2D eigenvalue weighted by Gasteiger charge is 2.14. The number of benzene rings is 1. The SMILES string of the molecule is CCNC(C)c1nnn(-c2ccccc2)c1C. The van der Waals surface area contributed by atoms with E-state index in [9.17, 15) is 0 Å². The summed E-state index contributed by atoms with van der Waals surface area (Å²) in [6.07, 6.45) is 0. The third-order valence-corrected chi connectivity index (χ3v) is 2.85. The Bertz CT molecular complexity index is 475. The maximum atomic E-state index is 4.26. The second kappa shape index (κ2) is 5.10. The first kappa shape index (κ1) is 11.8. The molecule has 0 bridgehead atoms. The van der Waals surface area contributed by atoms with Crippen molar-refractivity contribution in [2.45, 2.75) is 26.8 Å². The van der Waals surface area contributed by atoms with Gasteiger partial charge in [0.25, 0.3) is 0 Å². The summed E-state index contributed by atoms with van der Waals surface area (Å²) in [5.74, 6) is 0. The van der Waals surface area contributed by atoms with E-state index < -0.39 is 0 Å². The Hall–Kier alpha value is -1.68. The third kappa shape index (κ3) is 2.36. The van der Waals surface area contributed by atoms with Crippen molar-refractivity contribution in [2.75, 3.05) is 6.54 Å². The van der Waals surface area contributed by atoms with Crippen LogP contribution in [0.5, 0.6) is 0 Å². The molecule has 90 valence electrons. The largest absolute Gasteiger partial charge is 0.309 e. The highest BCUT2D eigenvalue weighted by molar-refractivity contribution is 5.33. The lowest BCUT2D eigenvalue weighted by molar-refractivity contribution is 0.579. The fourth-order valence-corrected chi connectivity index (χ4v) is 1.96. The van der Waals surface area contributed by atoms with Gasteiger partial charge in [0.15, 0.2) is 0 Å². The maximum absolute atomic E-state index is 4.26. The summed E-state index contributed by atoms with van der Waals surface area (Å²) in [6, 6.07) is 10.3. The minimum atomic E-state index is 0.234. The predicted molar refractivity (Wildman–Crippen MR) is 68.2 cm³/mol. The molecule has 2 rings (SSSR count). The molecular weight excluding hydrogens is 212 g/mol. The summed E-state index contributed by atoms with van der Waals surface area (Å²) in [7, 11) is 0. The van der Waals surface area contributed by atoms with Gasteiger partial charge in [0.05, 0.1) is 17.4 Å². The van der Waals surface area contributed by atoms with Crippen molar-refractivity contribution in [1.29, 1.82) is 0 Å². The number of nitrogens with zero attached hydrogens (tertiary/aromatic N) is 3. The smallest absolute Gasteiger partial charge is 0.103 e. The van der Waals surface area contributed by atoms with Crippen molar-refractivity contribution in [1.82, 2.24) is 20.3 Å². The van der Waals surface area contributed by atoms with E-state index in [1.807, 2.05) is 35.0 Å². The van der Waals surface area contributed by atoms with Crippen LogP contribution in [0.4, 0.5) is 0 Å². The summed E-state index contributed by atoms with van der Waals surface area (Å²) >= 11 is 0. The van der Waals surface area contributed by atoms with Crippen LogP contribution in [0.1, 0.15) is 31.3 Å². The van der Waals surface area contributed by atoms with E-state index >= 15 is 0 Å². The first-order chi connectivity index (χ1) is 8.24. The standard InChI is InChI=1S/C13H18N4/c1-4-14-10(2)13-11(3)17(16-15-13)12-8-6-5-7-9-12/h5-10,14H,4H2,1-3H3. The van der Waals surface area contributed by atoms with Crippen molar-refractivity contribution < 1.29 is 0 Å². The lowest BCUT2D eigenvalue weighted by Crippen LogP contribution is -2.19. The van der Waals surface area contributed by atoms with E-state index in [4.69, 9.17) is 0 Å². The van der Waals surface area contributed by atoms with Crippen LogP contribution in [0.15, 0.2) is 30.3 Å². The monoisotopic (exact) mass is 230 g/mol. The minimum absolute atomic E-state index is 0.234. The summed E-state index contributed by atoms with van der Waals surface area (Å²) in [4.78, 5) is 0. The Morgan fingerprint density at radius 3 is 2.65 bits per heavy atom. The van der Waals surface area contributed by atoms with Crippen molar-refractivity contribution in [3.63, 3.8) is 0 Å². The summed E-state index contributed by atoms with van der Waals surface area (Å²) in [5, 5.41) is 11.8. The van der Waals surface area contributed by atoms with E-state index in [2.05, 4.69) is 36.4 Å². The van der Waals surface area contributed by atoms with E-state index in [1.54, 1.807) is 0 Å².